The molecular weight excluding hydrogens is 214 g/mol. The highest BCUT2D eigenvalue weighted by molar-refractivity contribution is 5.75. The van der Waals surface area contributed by atoms with Gasteiger partial charge in [-0.15, -0.1) is 0 Å². The molecule has 0 fully saturated rings. The Bertz CT molecular complexity index is 403. The van der Waals surface area contributed by atoms with Crippen molar-refractivity contribution in [2.45, 2.75) is 38.3 Å². The van der Waals surface area contributed by atoms with Gasteiger partial charge in [0.25, 0.3) is 0 Å². The third kappa shape index (κ3) is 2.50. The molecule has 0 heterocycles. The first-order valence-corrected chi connectivity index (χ1v) is 6.18. The van der Waals surface area contributed by atoms with Crippen molar-refractivity contribution < 1.29 is 9.53 Å². The predicted molar refractivity (Wildman–Crippen MR) is 66.7 cm³/mol. The van der Waals surface area contributed by atoms with Crippen molar-refractivity contribution in [2.75, 3.05) is 7.11 Å². The van der Waals surface area contributed by atoms with Gasteiger partial charge in [0, 0.05) is 6.04 Å². The fourth-order valence-electron chi connectivity index (χ4n) is 2.47. The van der Waals surface area contributed by atoms with Gasteiger partial charge in [-0.05, 0) is 30.4 Å². The van der Waals surface area contributed by atoms with Crippen LogP contribution in [0, 0.1) is 0 Å². The molecule has 2 rings (SSSR count). The van der Waals surface area contributed by atoms with Gasteiger partial charge in [0.05, 0.1) is 7.11 Å². The summed E-state index contributed by atoms with van der Waals surface area (Å²) in [6.45, 7) is 2.00. The van der Waals surface area contributed by atoms with E-state index in [2.05, 4.69) is 29.6 Å². The number of rotatable bonds is 4. The topological polar surface area (TPSA) is 38.3 Å². The van der Waals surface area contributed by atoms with E-state index in [1.54, 1.807) is 0 Å². The summed E-state index contributed by atoms with van der Waals surface area (Å²) in [7, 11) is 1.44. The number of aryl methyl sites for hydroxylation is 1. The SMILES string of the molecule is CCC(NC1CCc2ccccc21)C(=O)OC. The highest BCUT2D eigenvalue weighted by Crippen LogP contribution is 2.31. The zero-order valence-corrected chi connectivity index (χ0v) is 10.4. The summed E-state index contributed by atoms with van der Waals surface area (Å²) in [5.41, 5.74) is 2.72. The third-order valence-corrected chi connectivity index (χ3v) is 3.43. The van der Waals surface area contributed by atoms with Gasteiger partial charge in [0.1, 0.15) is 6.04 Å². The Labute approximate surface area is 102 Å². The summed E-state index contributed by atoms with van der Waals surface area (Å²) in [5, 5.41) is 3.40. The van der Waals surface area contributed by atoms with Crippen LogP contribution in [-0.4, -0.2) is 19.1 Å². The van der Waals surface area contributed by atoms with Crippen LogP contribution >= 0.6 is 0 Å². The van der Waals surface area contributed by atoms with E-state index >= 15 is 0 Å². The number of fused-ring (bicyclic) bond motifs is 1. The van der Waals surface area contributed by atoms with Crippen molar-refractivity contribution in [3.8, 4) is 0 Å². The van der Waals surface area contributed by atoms with E-state index < -0.39 is 0 Å². The quantitative estimate of drug-likeness (QED) is 0.810. The lowest BCUT2D eigenvalue weighted by Crippen LogP contribution is -2.38. The van der Waals surface area contributed by atoms with Crippen LogP contribution in [0.25, 0.3) is 0 Å². The molecule has 1 aromatic carbocycles. The van der Waals surface area contributed by atoms with Gasteiger partial charge in [-0.25, -0.2) is 0 Å². The number of esters is 1. The van der Waals surface area contributed by atoms with E-state index in [0.29, 0.717) is 0 Å². The van der Waals surface area contributed by atoms with Crippen LogP contribution in [0.5, 0.6) is 0 Å². The number of ether oxygens (including phenoxy) is 1. The van der Waals surface area contributed by atoms with Crippen molar-refractivity contribution >= 4 is 5.97 Å². The van der Waals surface area contributed by atoms with Crippen molar-refractivity contribution in [2.24, 2.45) is 0 Å². The van der Waals surface area contributed by atoms with E-state index in [-0.39, 0.29) is 18.1 Å². The van der Waals surface area contributed by atoms with E-state index in [1.807, 2.05) is 6.92 Å². The Hall–Kier alpha value is -1.35. The smallest absolute Gasteiger partial charge is 0.322 e. The van der Waals surface area contributed by atoms with Gasteiger partial charge in [0.2, 0.25) is 0 Å². The molecular formula is C14H19NO2. The van der Waals surface area contributed by atoms with Crippen molar-refractivity contribution in [1.29, 1.82) is 0 Å². The van der Waals surface area contributed by atoms with Crippen molar-refractivity contribution in [3.63, 3.8) is 0 Å². The maximum Gasteiger partial charge on any atom is 0.322 e. The molecule has 3 heteroatoms. The summed E-state index contributed by atoms with van der Waals surface area (Å²) >= 11 is 0. The average molecular weight is 233 g/mol. The molecule has 0 bridgehead atoms. The maximum absolute atomic E-state index is 11.6. The molecule has 1 aromatic rings. The Morgan fingerprint density at radius 2 is 2.29 bits per heavy atom. The monoisotopic (exact) mass is 233 g/mol. The number of nitrogens with one attached hydrogen (secondary N) is 1. The number of hydrogen-bond donors (Lipinski definition) is 1. The van der Waals surface area contributed by atoms with E-state index in [1.165, 1.54) is 18.2 Å². The summed E-state index contributed by atoms with van der Waals surface area (Å²) in [6, 6.07) is 8.52. The van der Waals surface area contributed by atoms with Crippen LogP contribution in [0.1, 0.15) is 36.9 Å². The normalized spacial score (nSPS) is 19.8. The number of carbonyl (C=O) groups excluding carboxylic acids is 1. The van der Waals surface area contributed by atoms with Gasteiger partial charge in [0.15, 0.2) is 0 Å². The lowest BCUT2D eigenvalue weighted by molar-refractivity contribution is -0.143. The summed E-state index contributed by atoms with van der Waals surface area (Å²) < 4.78 is 4.80. The molecule has 17 heavy (non-hydrogen) atoms. The summed E-state index contributed by atoms with van der Waals surface area (Å²) in [4.78, 5) is 11.6. The van der Waals surface area contributed by atoms with Gasteiger partial charge in [-0.3, -0.25) is 10.1 Å². The fraction of sp³-hybridized carbons (Fsp3) is 0.500. The number of hydrogen-bond acceptors (Lipinski definition) is 3. The minimum absolute atomic E-state index is 0.170. The molecule has 1 aliphatic rings. The summed E-state index contributed by atoms with van der Waals surface area (Å²) in [6.07, 6.45) is 2.91. The van der Waals surface area contributed by atoms with Gasteiger partial charge >= 0.3 is 5.97 Å². The molecule has 0 aromatic heterocycles. The molecule has 1 N–H and O–H groups in total. The predicted octanol–water partition coefficient (Wildman–Crippen LogP) is 2.22. The van der Waals surface area contributed by atoms with Gasteiger partial charge in [-0.2, -0.15) is 0 Å². The fourth-order valence-corrected chi connectivity index (χ4v) is 2.47. The van der Waals surface area contributed by atoms with Crippen molar-refractivity contribution in [1.82, 2.24) is 5.32 Å². The van der Waals surface area contributed by atoms with E-state index in [4.69, 9.17) is 4.74 Å². The molecule has 0 saturated carbocycles. The third-order valence-electron chi connectivity index (χ3n) is 3.43. The van der Waals surface area contributed by atoms with E-state index in [9.17, 15) is 4.79 Å². The molecule has 0 radical (unpaired) electrons. The number of methoxy groups -OCH3 is 1. The zero-order valence-electron chi connectivity index (χ0n) is 10.4. The van der Waals surface area contributed by atoms with Gasteiger partial charge in [-0.1, -0.05) is 31.2 Å². The molecule has 92 valence electrons. The Morgan fingerprint density at radius 3 is 3.00 bits per heavy atom. The van der Waals surface area contributed by atoms with Crippen molar-refractivity contribution in [3.05, 3.63) is 35.4 Å². The molecule has 0 aliphatic heterocycles. The molecule has 1 aliphatic carbocycles. The van der Waals surface area contributed by atoms with Crippen LogP contribution in [0.3, 0.4) is 0 Å². The number of benzene rings is 1. The second-order valence-electron chi connectivity index (χ2n) is 4.44. The first kappa shape index (κ1) is 12.1. The van der Waals surface area contributed by atoms with Crippen LogP contribution in [-0.2, 0) is 16.0 Å². The maximum atomic E-state index is 11.6. The molecule has 2 atom stereocenters. The Balaban J connectivity index is 2.08. The van der Waals surface area contributed by atoms with Crippen LogP contribution in [0.15, 0.2) is 24.3 Å². The average Bonchev–Trinajstić information content (AvgIpc) is 2.78. The minimum atomic E-state index is -0.198. The Kier molecular flexibility index (Phi) is 3.79. The highest BCUT2D eigenvalue weighted by Gasteiger charge is 2.26. The zero-order chi connectivity index (χ0) is 12.3. The second kappa shape index (κ2) is 5.32. The lowest BCUT2D eigenvalue weighted by Gasteiger charge is -2.20. The first-order valence-electron chi connectivity index (χ1n) is 6.18. The molecule has 0 spiro atoms. The summed E-state index contributed by atoms with van der Waals surface area (Å²) in [5.74, 6) is -0.170. The lowest BCUT2D eigenvalue weighted by atomic mass is 10.1. The second-order valence-corrected chi connectivity index (χ2v) is 4.44. The van der Waals surface area contributed by atoms with Crippen LogP contribution in [0.2, 0.25) is 0 Å². The number of carbonyl (C=O) groups is 1. The molecule has 0 saturated heterocycles. The minimum Gasteiger partial charge on any atom is -0.468 e. The highest BCUT2D eigenvalue weighted by atomic mass is 16.5. The molecule has 0 amide bonds. The van der Waals surface area contributed by atoms with Crippen LogP contribution < -0.4 is 5.32 Å². The largest absolute Gasteiger partial charge is 0.468 e. The standard InChI is InChI=1S/C14H19NO2/c1-3-12(14(16)17-2)15-13-9-8-10-6-4-5-7-11(10)13/h4-7,12-13,15H,3,8-9H2,1-2H3. The molecule has 2 unspecified atom stereocenters. The van der Waals surface area contributed by atoms with Gasteiger partial charge < -0.3 is 4.74 Å². The van der Waals surface area contributed by atoms with E-state index in [0.717, 1.165) is 19.3 Å². The Morgan fingerprint density at radius 1 is 1.53 bits per heavy atom. The van der Waals surface area contributed by atoms with Crippen LogP contribution in [0.4, 0.5) is 0 Å². The molecule has 3 nitrogen and oxygen atoms in total. The first-order chi connectivity index (χ1) is 8.26.